The maximum absolute atomic E-state index is 11.4. The molecule has 0 amide bonds. The number of hydrogen-bond acceptors (Lipinski definition) is 4. The van der Waals surface area contributed by atoms with E-state index in [1.807, 2.05) is 38.1 Å². The van der Waals surface area contributed by atoms with Gasteiger partial charge in [0.1, 0.15) is 5.56 Å². The Morgan fingerprint density at radius 1 is 1.29 bits per heavy atom. The van der Waals surface area contributed by atoms with Crippen molar-refractivity contribution in [1.29, 1.82) is 0 Å². The van der Waals surface area contributed by atoms with Crippen LogP contribution in [0.4, 0.5) is 5.69 Å². The van der Waals surface area contributed by atoms with E-state index < -0.39 is 11.6 Å². The second-order valence-electron chi connectivity index (χ2n) is 5.15. The third-order valence-electron chi connectivity index (χ3n) is 3.92. The Hall–Kier alpha value is -2.14. The summed E-state index contributed by atoms with van der Waals surface area (Å²) in [7, 11) is 0. The number of nitrogens with zero attached hydrogens (tertiary/aromatic N) is 1. The van der Waals surface area contributed by atoms with Crippen LogP contribution in [0.2, 0.25) is 0 Å². The maximum atomic E-state index is 11.4. The van der Waals surface area contributed by atoms with Gasteiger partial charge in [-0.15, -0.1) is 0 Å². The number of anilines is 1. The Labute approximate surface area is 123 Å². The van der Waals surface area contributed by atoms with Gasteiger partial charge in [0.15, 0.2) is 0 Å². The van der Waals surface area contributed by atoms with Gasteiger partial charge < -0.3 is 15.5 Å². The van der Waals surface area contributed by atoms with Crippen LogP contribution in [-0.2, 0) is 0 Å². The largest absolute Gasteiger partial charge is 0.478 e. The molecule has 21 heavy (non-hydrogen) atoms. The first kappa shape index (κ1) is 15.3. The quantitative estimate of drug-likeness (QED) is 0.761. The van der Waals surface area contributed by atoms with Crippen molar-refractivity contribution in [3.05, 3.63) is 36.0 Å². The molecule has 0 atom stereocenters. The fourth-order valence-corrected chi connectivity index (χ4v) is 2.25. The van der Waals surface area contributed by atoms with E-state index in [1.54, 1.807) is 0 Å². The molecule has 1 aromatic heterocycles. The SMILES string of the molecule is CCC(O)(CC)CNc1c(C(=O)O)cnc2ccccc12. The maximum Gasteiger partial charge on any atom is 0.339 e. The van der Waals surface area contributed by atoms with Gasteiger partial charge in [0.2, 0.25) is 0 Å². The second-order valence-corrected chi connectivity index (χ2v) is 5.15. The molecule has 2 rings (SSSR count). The number of aromatic carboxylic acids is 1. The predicted octanol–water partition coefficient (Wildman–Crippen LogP) is 2.90. The van der Waals surface area contributed by atoms with Crippen LogP contribution in [0, 0.1) is 0 Å². The minimum absolute atomic E-state index is 0.114. The van der Waals surface area contributed by atoms with Gasteiger partial charge >= 0.3 is 5.97 Å². The van der Waals surface area contributed by atoms with Crippen LogP contribution in [-0.4, -0.2) is 33.3 Å². The third-order valence-corrected chi connectivity index (χ3v) is 3.92. The van der Waals surface area contributed by atoms with E-state index in [-0.39, 0.29) is 5.56 Å². The molecule has 3 N–H and O–H groups in total. The highest BCUT2D eigenvalue weighted by molar-refractivity contribution is 6.04. The topological polar surface area (TPSA) is 82.5 Å². The molecule has 0 spiro atoms. The number of pyridine rings is 1. The van der Waals surface area contributed by atoms with Gasteiger partial charge in [0, 0.05) is 18.1 Å². The number of carboxylic acids is 1. The number of rotatable bonds is 6. The van der Waals surface area contributed by atoms with Crippen LogP contribution in [0.15, 0.2) is 30.5 Å². The zero-order valence-corrected chi connectivity index (χ0v) is 12.3. The Morgan fingerprint density at radius 3 is 2.57 bits per heavy atom. The Kier molecular flexibility index (Phi) is 4.43. The van der Waals surface area contributed by atoms with Crippen molar-refractivity contribution in [2.45, 2.75) is 32.3 Å². The number of aromatic nitrogens is 1. The van der Waals surface area contributed by atoms with Crippen molar-refractivity contribution >= 4 is 22.6 Å². The lowest BCUT2D eigenvalue weighted by Gasteiger charge is -2.26. The monoisotopic (exact) mass is 288 g/mol. The third kappa shape index (κ3) is 3.13. The summed E-state index contributed by atoms with van der Waals surface area (Å²) in [5, 5.41) is 23.5. The van der Waals surface area contributed by atoms with E-state index in [0.29, 0.717) is 25.1 Å². The highest BCUT2D eigenvalue weighted by atomic mass is 16.4. The van der Waals surface area contributed by atoms with E-state index in [0.717, 1.165) is 10.9 Å². The normalized spacial score (nSPS) is 11.6. The zero-order chi connectivity index (χ0) is 15.5. The molecular formula is C16H20N2O3. The van der Waals surface area contributed by atoms with Crippen molar-refractivity contribution in [2.75, 3.05) is 11.9 Å². The fourth-order valence-electron chi connectivity index (χ4n) is 2.25. The molecule has 2 aromatic rings. The van der Waals surface area contributed by atoms with E-state index in [2.05, 4.69) is 10.3 Å². The van der Waals surface area contributed by atoms with E-state index in [1.165, 1.54) is 6.20 Å². The summed E-state index contributed by atoms with van der Waals surface area (Å²) in [5.41, 5.74) is 0.498. The number of nitrogens with one attached hydrogen (secondary N) is 1. The summed E-state index contributed by atoms with van der Waals surface area (Å²) in [5.74, 6) is -1.03. The van der Waals surface area contributed by atoms with Crippen molar-refractivity contribution in [3.63, 3.8) is 0 Å². The molecule has 0 saturated heterocycles. The fraction of sp³-hybridized carbons (Fsp3) is 0.375. The molecule has 0 radical (unpaired) electrons. The Morgan fingerprint density at radius 2 is 1.95 bits per heavy atom. The number of aliphatic hydroxyl groups is 1. The van der Waals surface area contributed by atoms with E-state index in [9.17, 15) is 15.0 Å². The van der Waals surface area contributed by atoms with Crippen LogP contribution < -0.4 is 5.32 Å². The summed E-state index contributed by atoms with van der Waals surface area (Å²) in [6, 6.07) is 7.35. The Bertz CT molecular complexity index is 651. The molecule has 5 heteroatoms. The molecule has 1 heterocycles. The number of fused-ring (bicyclic) bond motifs is 1. The summed E-state index contributed by atoms with van der Waals surface area (Å²) < 4.78 is 0. The van der Waals surface area contributed by atoms with Gasteiger partial charge in [-0.1, -0.05) is 32.0 Å². The van der Waals surface area contributed by atoms with E-state index >= 15 is 0 Å². The summed E-state index contributed by atoms with van der Waals surface area (Å²) in [4.78, 5) is 15.6. The molecule has 0 bridgehead atoms. The van der Waals surface area contributed by atoms with Crippen LogP contribution in [0.5, 0.6) is 0 Å². The highest BCUT2D eigenvalue weighted by Gasteiger charge is 2.23. The van der Waals surface area contributed by atoms with E-state index in [4.69, 9.17) is 0 Å². The average Bonchev–Trinajstić information content (AvgIpc) is 2.51. The first-order valence-electron chi connectivity index (χ1n) is 7.08. The number of hydrogen-bond donors (Lipinski definition) is 3. The summed E-state index contributed by atoms with van der Waals surface area (Å²) in [6.07, 6.45) is 2.55. The minimum atomic E-state index is -1.03. The molecule has 0 aliphatic carbocycles. The summed E-state index contributed by atoms with van der Waals surface area (Å²) in [6.45, 7) is 4.12. The lowest BCUT2D eigenvalue weighted by atomic mass is 9.97. The number of carboxylic acid groups (broad SMARTS) is 1. The molecule has 0 fully saturated rings. The smallest absolute Gasteiger partial charge is 0.339 e. The summed E-state index contributed by atoms with van der Waals surface area (Å²) >= 11 is 0. The second kappa shape index (κ2) is 6.10. The molecule has 0 aliphatic heterocycles. The van der Waals surface area contributed by atoms with Crippen LogP contribution in [0.3, 0.4) is 0 Å². The highest BCUT2D eigenvalue weighted by Crippen LogP contribution is 2.27. The van der Waals surface area contributed by atoms with Crippen molar-refractivity contribution in [3.8, 4) is 0 Å². The van der Waals surface area contributed by atoms with Crippen molar-refractivity contribution in [1.82, 2.24) is 4.98 Å². The van der Waals surface area contributed by atoms with Gasteiger partial charge in [-0.2, -0.15) is 0 Å². The number of para-hydroxylation sites is 1. The van der Waals surface area contributed by atoms with Crippen molar-refractivity contribution in [2.24, 2.45) is 0 Å². The average molecular weight is 288 g/mol. The van der Waals surface area contributed by atoms with Gasteiger partial charge in [-0.05, 0) is 18.9 Å². The van der Waals surface area contributed by atoms with Crippen LogP contribution in [0.1, 0.15) is 37.0 Å². The first-order chi connectivity index (χ1) is 10.0. The van der Waals surface area contributed by atoms with Gasteiger partial charge in [-0.25, -0.2) is 4.79 Å². The predicted molar refractivity (Wildman–Crippen MR) is 82.7 cm³/mol. The van der Waals surface area contributed by atoms with Gasteiger partial charge in [-0.3, -0.25) is 4.98 Å². The number of benzene rings is 1. The van der Waals surface area contributed by atoms with Crippen molar-refractivity contribution < 1.29 is 15.0 Å². The van der Waals surface area contributed by atoms with Gasteiger partial charge in [0.05, 0.1) is 16.8 Å². The lowest BCUT2D eigenvalue weighted by Crippen LogP contribution is -2.35. The first-order valence-corrected chi connectivity index (χ1v) is 7.08. The molecule has 0 unspecified atom stereocenters. The molecular weight excluding hydrogens is 268 g/mol. The molecule has 1 aromatic carbocycles. The molecule has 0 saturated carbocycles. The van der Waals surface area contributed by atoms with Gasteiger partial charge in [0.25, 0.3) is 0 Å². The molecule has 0 aliphatic rings. The molecule has 5 nitrogen and oxygen atoms in total. The van der Waals surface area contributed by atoms with Crippen LogP contribution in [0.25, 0.3) is 10.9 Å². The minimum Gasteiger partial charge on any atom is -0.478 e. The van der Waals surface area contributed by atoms with Crippen LogP contribution >= 0.6 is 0 Å². The zero-order valence-electron chi connectivity index (χ0n) is 12.3. The lowest BCUT2D eigenvalue weighted by molar-refractivity contribution is 0.0456. The molecule has 112 valence electrons. The standard InChI is InChI=1S/C16H20N2O3/c1-3-16(21,4-2)10-18-14-11-7-5-6-8-13(11)17-9-12(14)15(19)20/h5-9,21H,3-4,10H2,1-2H3,(H,17,18)(H,19,20). The number of carbonyl (C=O) groups is 1. The Balaban J connectivity index is 2.45.